The number of methoxy groups -OCH3 is 1. The van der Waals surface area contributed by atoms with Gasteiger partial charge in [0.15, 0.2) is 11.6 Å². The van der Waals surface area contributed by atoms with Crippen LogP contribution in [0.1, 0.15) is 36.3 Å². The van der Waals surface area contributed by atoms with Crippen molar-refractivity contribution in [2.75, 3.05) is 13.7 Å². The number of carbonyl (C=O) groups excluding carboxylic acids is 2. The zero-order valence-corrected chi connectivity index (χ0v) is 21.3. The van der Waals surface area contributed by atoms with Crippen molar-refractivity contribution in [3.63, 3.8) is 0 Å². The summed E-state index contributed by atoms with van der Waals surface area (Å²) in [5.74, 6) is -1.90. The molecular weight excluding hydrogens is 525 g/mol. The first-order chi connectivity index (χ1) is 18.1. The molecule has 4 rings (SSSR count). The minimum atomic E-state index is -4.60. The highest BCUT2D eigenvalue weighted by Gasteiger charge is 2.34. The number of carbonyl (C=O) groups is 2. The molecule has 1 aliphatic rings. The molecule has 12 heteroatoms. The fraction of sp³-hybridized carbons (Fsp3) is 0.385. The lowest BCUT2D eigenvalue weighted by molar-refractivity contribution is -0.137. The van der Waals surface area contributed by atoms with Crippen LogP contribution in [0.3, 0.4) is 0 Å². The predicted octanol–water partition coefficient (Wildman–Crippen LogP) is 4.05. The molecule has 38 heavy (non-hydrogen) atoms. The van der Waals surface area contributed by atoms with Crippen LogP contribution < -0.4 is 11.0 Å². The van der Waals surface area contributed by atoms with Gasteiger partial charge in [0.05, 0.1) is 24.6 Å². The highest BCUT2D eigenvalue weighted by molar-refractivity contribution is 6.30. The molecule has 1 amide bonds. The van der Waals surface area contributed by atoms with Crippen LogP contribution in [0.4, 0.5) is 13.2 Å². The van der Waals surface area contributed by atoms with Crippen molar-refractivity contribution in [2.24, 2.45) is 0 Å². The van der Waals surface area contributed by atoms with Gasteiger partial charge in [-0.15, -0.1) is 5.10 Å². The predicted molar refractivity (Wildman–Crippen MR) is 134 cm³/mol. The number of alkyl halides is 3. The minimum absolute atomic E-state index is 0.0491. The second kappa shape index (κ2) is 11.5. The normalized spacial score (nSPS) is 14.3. The van der Waals surface area contributed by atoms with Gasteiger partial charge in [-0.25, -0.2) is 9.48 Å². The second-order valence-electron chi connectivity index (χ2n) is 9.12. The monoisotopic (exact) mass is 550 g/mol. The third-order valence-corrected chi connectivity index (χ3v) is 6.41. The number of ketones is 1. The van der Waals surface area contributed by atoms with E-state index < -0.39 is 48.0 Å². The number of hydrogen-bond acceptors (Lipinski definition) is 5. The lowest BCUT2D eigenvalue weighted by Crippen LogP contribution is -2.34. The van der Waals surface area contributed by atoms with Crippen LogP contribution >= 0.6 is 11.6 Å². The summed E-state index contributed by atoms with van der Waals surface area (Å²) in [7, 11) is 1.49. The van der Waals surface area contributed by atoms with E-state index in [1.54, 1.807) is 24.3 Å². The van der Waals surface area contributed by atoms with Crippen LogP contribution in [0.5, 0.6) is 0 Å². The third kappa shape index (κ3) is 6.70. The molecule has 202 valence electrons. The Kier molecular flexibility index (Phi) is 8.37. The molecule has 3 aromatic rings. The SMILES string of the molecule is COCCn1c(-c2ccc(Cl)cc2)nn(CC(=O)CC(C(=O)NC2CC2)c2cccc(C(F)(F)F)c2)c1=O. The molecule has 1 aromatic heterocycles. The lowest BCUT2D eigenvalue weighted by Gasteiger charge is -2.18. The summed E-state index contributed by atoms with van der Waals surface area (Å²) >= 11 is 5.97. The van der Waals surface area contributed by atoms with E-state index in [2.05, 4.69) is 10.4 Å². The van der Waals surface area contributed by atoms with Crippen LogP contribution in [0, 0.1) is 0 Å². The van der Waals surface area contributed by atoms with E-state index in [4.69, 9.17) is 16.3 Å². The molecule has 0 spiro atoms. The van der Waals surface area contributed by atoms with Crippen molar-refractivity contribution in [1.82, 2.24) is 19.7 Å². The Labute approximate surface area is 221 Å². The van der Waals surface area contributed by atoms with E-state index >= 15 is 0 Å². The third-order valence-electron chi connectivity index (χ3n) is 6.16. The van der Waals surface area contributed by atoms with Crippen molar-refractivity contribution in [3.8, 4) is 11.4 Å². The summed E-state index contributed by atoms with van der Waals surface area (Å²) in [6.45, 7) is -0.0528. The highest BCUT2D eigenvalue weighted by Crippen LogP contribution is 2.32. The number of benzene rings is 2. The Balaban J connectivity index is 1.60. The van der Waals surface area contributed by atoms with E-state index in [9.17, 15) is 27.6 Å². The summed E-state index contributed by atoms with van der Waals surface area (Å²) in [6, 6.07) is 11.0. The minimum Gasteiger partial charge on any atom is -0.383 e. The fourth-order valence-electron chi connectivity index (χ4n) is 4.02. The number of halogens is 4. The molecule has 0 radical (unpaired) electrons. The molecule has 1 aliphatic carbocycles. The average Bonchev–Trinajstić information content (AvgIpc) is 3.64. The maximum absolute atomic E-state index is 13.3. The van der Waals surface area contributed by atoms with Crippen LogP contribution in [-0.4, -0.2) is 45.8 Å². The topological polar surface area (TPSA) is 95.2 Å². The summed E-state index contributed by atoms with van der Waals surface area (Å²) < 4.78 is 47.4. The fourth-order valence-corrected chi connectivity index (χ4v) is 4.15. The Morgan fingerprint density at radius 3 is 2.53 bits per heavy atom. The van der Waals surface area contributed by atoms with E-state index in [-0.39, 0.29) is 24.8 Å². The van der Waals surface area contributed by atoms with Crippen LogP contribution in [-0.2, 0) is 33.6 Å². The van der Waals surface area contributed by atoms with Gasteiger partial charge >= 0.3 is 11.9 Å². The van der Waals surface area contributed by atoms with Crippen molar-refractivity contribution >= 4 is 23.3 Å². The van der Waals surface area contributed by atoms with Gasteiger partial charge in [-0.05, 0) is 48.7 Å². The summed E-state index contributed by atoms with van der Waals surface area (Å²) in [5, 5.41) is 7.60. The quantitative estimate of drug-likeness (QED) is 0.389. The highest BCUT2D eigenvalue weighted by atomic mass is 35.5. The van der Waals surface area contributed by atoms with E-state index in [0.29, 0.717) is 16.4 Å². The summed E-state index contributed by atoms with van der Waals surface area (Å²) in [4.78, 5) is 39.1. The number of rotatable bonds is 11. The lowest BCUT2D eigenvalue weighted by atomic mass is 9.91. The van der Waals surface area contributed by atoms with E-state index in [0.717, 1.165) is 29.7 Å². The molecule has 1 N–H and O–H groups in total. The molecule has 1 saturated carbocycles. The molecule has 1 fully saturated rings. The summed E-state index contributed by atoms with van der Waals surface area (Å²) in [6.07, 6.45) is -3.45. The number of Topliss-reactive ketones (excluding diaryl/α,β-unsaturated/α-hetero) is 1. The first-order valence-corrected chi connectivity index (χ1v) is 12.4. The van der Waals surface area contributed by atoms with Crippen molar-refractivity contribution in [1.29, 1.82) is 0 Å². The molecule has 1 atom stereocenters. The molecule has 2 aromatic carbocycles. The molecular formula is C26H26ClF3N4O4. The van der Waals surface area contributed by atoms with Gasteiger partial charge in [0, 0.05) is 30.2 Å². The molecule has 1 unspecified atom stereocenters. The first kappa shape index (κ1) is 27.6. The molecule has 1 heterocycles. The number of hydrogen-bond donors (Lipinski definition) is 1. The van der Waals surface area contributed by atoms with Gasteiger partial charge in [0.1, 0.15) is 6.54 Å². The van der Waals surface area contributed by atoms with Crippen LogP contribution in [0.25, 0.3) is 11.4 Å². The standard InChI is InChI=1S/C26H26ClF3N4O4/c1-38-12-11-33-23(16-5-7-19(27)8-6-16)32-34(25(33)37)15-21(35)14-22(24(36)31-20-9-10-20)17-3-2-4-18(13-17)26(28,29)30/h2-8,13,20,22H,9-12,14-15H2,1H3,(H,31,36). The Hall–Kier alpha value is -3.44. The first-order valence-electron chi connectivity index (χ1n) is 12.0. The van der Waals surface area contributed by atoms with Gasteiger partial charge in [0.25, 0.3) is 0 Å². The molecule has 0 saturated heterocycles. The zero-order chi connectivity index (χ0) is 27.4. The van der Waals surface area contributed by atoms with Crippen molar-refractivity contribution in [2.45, 2.75) is 50.5 Å². The maximum Gasteiger partial charge on any atom is 0.416 e. The summed E-state index contributed by atoms with van der Waals surface area (Å²) in [5.41, 5.74) is -0.795. The van der Waals surface area contributed by atoms with Gasteiger partial charge in [-0.3, -0.25) is 14.2 Å². The molecule has 8 nitrogen and oxygen atoms in total. The smallest absolute Gasteiger partial charge is 0.383 e. The van der Waals surface area contributed by atoms with Crippen molar-refractivity contribution in [3.05, 3.63) is 75.2 Å². The van der Waals surface area contributed by atoms with Gasteiger partial charge in [-0.2, -0.15) is 13.2 Å². The molecule has 0 aliphatic heterocycles. The van der Waals surface area contributed by atoms with Gasteiger partial charge < -0.3 is 10.1 Å². The molecule has 0 bridgehead atoms. The van der Waals surface area contributed by atoms with Crippen molar-refractivity contribution < 1.29 is 27.5 Å². The van der Waals surface area contributed by atoms with Crippen LogP contribution in [0.15, 0.2) is 53.3 Å². The maximum atomic E-state index is 13.3. The number of nitrogens with one attached hydrogen (secondary N) is 1. The van der Waals surface area contributed by atoms with E-state index in [1.165, 1.54) is 23.8 Å². The van der Waals surface area contributed by atoms with E-state index in [1.807, 2.05) is 0 Å². The Morgan fingerprint density at radius 2 is 1.89 bits per heavy atom. The Bertz CT molecular complexity index is 1360. The number of amides is 1. The number of aromatic nitrogens is 3. The largest absolute Gasteiger partial charge is 0.416 e. The van der Waals surface area contributed by atoms with Gasteiger partial charge in [-0.1, -0.05) is 29.8 Å². The van der Waals surface area contributed by atoms with Gasteiger partial charge in [0.2, 0.25) is 5.91 Å². The number of ether oxygens (including phenoxy) is 1. The Morgan fingerprint density at radius 1 is 1.18 bits per heavy atom. The number of nitrogens with zero attached hydrogens (tertiary/aromatic N) is 3. The average molecular weight is 551 g/mol. The zero-order valence-electron chi connectivity index (χ0n) is 20.5. The van der Waals surface area contributed by atoms with Crippen LogP contribution in [0.2, 0.25) is 5.02 Å². The second-order valence-corrected chi connectivity index (χ2v) is 9.55.